The van der Waals surface area contributed by atoms with Crippen LogP contribution < -0.4 is 10.5 Å². The molecule has 3 nitrogen and oxygen atoms in total. The summed E-state index contributed by atoms with van der Waals surface area (Å²) < 4.78 is 5.93. The summed E-state index contributed by atoms with van der Waals surface area (Å²) in [7, 11) is 1.52. The topological polar surface area (TPSA) is 55.5 Å². The Bertz CT molecular complexity index is 513. The molecular weight excluding hydrogens is 302 g/mol. The molecule has 5 heteroatoms. The van der Waals surface area contributed by atoms with E-state index in [0.29, 0.717) is 11.3 Å². The van der Waals surface area contributed by atoms with Gasteiger partial charge >= 0.3 is 0 Å². The Morgan fingerprint density at radius 3 is 2.82 bits per heavy atom. The van der Waals surface area contributed by atoms with Crippen LogP contribution in [0.4, 0.5) is 0 Å². The van der Waals surface area contributed by atoms with Gasteiger partial charge in [0, 0.05) is 14.9 Å². The van der Waals surface area contributed by atoms with Gasteiger partial charge in [0.05, 0.1) is 13.2 Å². The zero-order valence-electron chi connectivity index (χ0n) is 9.18. The number of hydrogen-bond donors (Lipinski definition) is 2. The van der Waals surface area contributed by atoms with Gasteiger partial charge in [0.25, 0.3) is 0 Å². The Morgan fingerprint density at radius 2 is 2.24 bits per heavy atom. The maximum Gasteiger partial charge on any atom is 0.162 e. The molecule has 3 N–H and O–H groups in total. The van der Waals surface area contributed by atoms with E-state index in [-0.39, 0.29) is 11.8 Å². The van der Waals surface area contributed by atoms with E-state index in [0.717, 1.165) is 9.35 Å². The lowest BCUT2D eigenvalue weighted by Gasteiger charge is -2.15. The molecule has 1 aromatic carbocycles. The van der Waals surface area contributed by atoms with Gasteiger partial charge in [0.15, 0.2) is 11.5 Å². The van der Waals surface area contributed by atoms with Crippen molar-refractivity contribution in [1.29, 1.82) is 0 Å². The van der Waals surface area contributed by atoms with E-state index in [9.17, 15) is 5.11 Å². The molecule has 1 atom stereocenters. The summed E-state index contributed by atoms with van der Waals surface area (Å²) in [6, 6.07) is 7.05. The van der Waals surface area contributed by atoms with Crippen LogP contribution in [0.15, 0.2) is 34.1 Å². The van der Waals surface area contributed by atoms with Crippen LogP contribution in [-0.4, -0.2) is 12.2 Å². The first-order chi connectivity index (χ1) is 8.13. The fourth-order valence-electron chi connectivity index (χ4n) is 1.61. The number of rotatable bonds is 3. The number of thiophene rings is 1. The normalized spacial score (nSPS) is 12.4. The predicted octanol–water partition coefficient (Wildman–Crippen LogP) is 3.27. The lowest BCUT2D eigenvalue weighted by atomic mass is 10.0. The molecule has 0 fully saturated rings. The Morgan fingerprint density at radius 1 is 1.47 bits per heavy atom. The number of aromatic hydroxyl groups is 1. The third-order valence-electron chi connectivity index (χ3n) is 2.47. The number of methoxy groups -OCH3 is 1. The number of phenols is 1. The highest BCUT2D eigenvalue weighted by atomic mass is 79.9. The van der Waals surface area contributed by atoms with Gasteiger partial charge < -0.3 is 15.6 Å². The van der Waals surface area contributed by atoms with Gasteiger partial charge in [-0.15, -0.1) is 11.3 Å². The molecule has 0 unspecified atom stereocenters. The first kappa shape index (κ1) is 12.4. The summed E-state index contributed by atoms with van der Waals surface area (Å²) >= 11 is 4.94. The van der Waals surface area contributed by atoms with Crippen LogP contribution >= 0.6 is 27.3 Å². The summed E-state index contributed by atoms with van der Waals surface area (Å²) in [5.74, 6) is 0.512. The molecule has 0 spiro atoms. The van der Waals surface area contributed by atoms with Crippen LogP contribution in [-0.2, 0) is 0 Å². The molecule has 2 aromatic rings. The third kappa shape index (κ3) is 2.46. The van der Waals surface area contributed by atoms with Crippen molar-refractivity contribution >= 4 is 27.3 Å². The molecule has 0 bridgehead atoms. The van der Waals surface area contributed by atoms with Crippen molar-refractivity contribution < 1.29 is 9.84 Å². The quantitative estimate of drug-likeness (QED) is 0.914. The molecule has 0 aliphatic rings. The van der Waals surface area contributed by atoms with Crippen LogP contribution in [0.2, 0.25) is 0 Å². The first-order valence-corrected chi connectivity index (χ1v) is 6.66. The molecule has 0 aliphatic carbocycles. The molecule has 17 heavy (non-hydrogen) atoms. The van der Waals surface area contributed by atoms with Gasteiger partial charge in [-0.25, -0.2) is 0 Å². The molecule has 0 saturated carbocycles. The maximum absolute atomic E-state index is 10.1. The first-order valence-electron chi connectivity index (χ1n) is 4.99. The highest BCUT2D eigenvalue weighted by Gasteiger charge is 2.18. The number of benzene rings is 1. The standard InChI is InChI=1S/C12H12BrNO2S/c1-16-9-6-7(13)5-8(12(9)15)11(14)10-3-2-4-17-10/h2-6,11,15H,14H2,1H3/t11-/m0/s1. The average Bonchev–Trinajstić information content (AvgIpc) is 2.84. The summed E-state index contributed by atoms with van der Waals surface area (Å²) in [4.78, 5) is 1.00. The fraction of sp³-hybridized carbons (Fsp3) is 0.167. The van der Waals surface area contributed by atoms with Crippen molar-refractivity contribution in [2.24, 2.45) is 5.73 Å². The van der Waals surface area contributed by atoms with Gasteiger partial charge in [0.2, 0.25) is 0 Å². The highest BCUT2D eigenvalue weighted by molar-refractivity contribution is 9.10. The molecule has 1 aromatic heterocycles. The SMILES string of the molecule is COc1cc(Br)cc([C@H](N)c2cccs2)c1O. The van der Waals surface area contributed by atoms with Gasteiger partial charge in [-0.05, 0) is 23.6 Å². The van der Waals surface area contributed by atoms with Gasteiger partial charge in [-0.2, -0.15) is 0 Å². The fourth-order valence-corrected chi connectivity index (χ4v) is 2.81. The molecule has 0 aliphatic heterocycles. The van der Waals surface area contributed by atoms with E-state index >= 15 is 0 Å². The number of halogens is 1. The highest BCUT2D eigenvalue weighted by Crippen LogP contribution is 2.38. The molecule has 90 valence electrons. The van der Waals surface area contributed by atoms with Gasteiger partial charge in [0.1, 0.15) is 0 Å². The van der Waals surface area contributed by atoms with E-state index < -0.39 is 0 Å². The van der Waals surface area contributed by atoms with E-state index in [1.165, 1.54) is 7.11 Å². The van der Waals surface area contributed by atoms with Crippen molar-refractivity contribution in [3.8, 4) is 11.5 Å². The minimum atomic E-state index is -0.346. The van der Waals surface area contributed by atoms with Crippen molar-refractivity contribution in [1.82, 2.24) is 0 Å². The zero-order chi connectivity index (χ0) is 12.4. The number of hydrogen-bond acceptors (Lipinski definition) is 4. The molecule has 2 rings (SSSR count). The monoisotopic (exact) mass is 313 g/mol. The average molecular weight is 314 g/mol. The summed E-state index contributed by atoms with van der Waals surface area (Å²) in [5.41, 5.74) is 6.78. The maximum atomic E-state index is 10.1. The van der Waals surface area contributed by atoms with Crippen LogP contribution in [0.5, 0.6) is 11.5 Å². The number of ether oxygens (including phenoxy) is 1. The molecule has 1 heterocycles. The van der Waals surface area contributed by atoms with Crippen LogP contribution in [0.3, 0.4) is 0 Å². The summed E-state index contributed by atoms with van der Waals surface area (Å²) in [6.45, 7) is 0. The molecule has 0 radical (unpaired) electrons. The van der Waals surface area contributed by atoms with Gasteiger partial charge in [-0.1, -0.05) is 22.0 Å². The van der Waals surface area contributed by atoms with Crippen molar-refractivity contribution in [2.75, 3.05) is 7.11 Å². The van der Waals surface area contributed by atoms with E-state index in [4.69, 9.17) is 10.5 Å². The van der Waals surface area contributed by atoms with Crippen molar-refractivity contribution in [3.63, 3.8) is 0 Å². The number of phenolic OH excluding ortho intramolecular Hbond substituents is 1. The smallest absolute Gasteiger partial charge is 0.162 e. The van der Waals surface area contributed by atoms with Crippen LogP contribution in [0.1, 0.15) is 16.5 Å². The van der Waals surface area contributed by atoms with E-state index in [2.05, 4.69) is 15.9 Å². The lowest BCUT2D eigenvalue weighted by molar-refractivity contribution is 0.369. The molecule has 0 amide bonds. The Kier molecular flexibility index (Phi) is 3.71. The second kappa shape index (κ2) is 5.08. The second-order valence-electron chi connectivity index (χ2n) is 3.54. The third-order valence-corrected chi connectivity index (χ3v) is 3.89. The largest absolute Gasteiger partial charge is 0.504 e. The number of nitrogens with two attached hydrogens (primary N) is 1. The van der Waals surface area contributed by atoms with Crippen molar-refractivity contribution in [2.45, 2.75) is 6.04 Å². The Labute approximate surface area is 112 Å². The van der Waals surface area contributed by atoms with Gasteiger partial charge in [-0.3, -0.25) is 0 Å². The molecular formula is C12H12BrNO2S. The summed E-state index contributed by atoms with van der Waals surface area (Å²) in [6.07, 6.45) is 0. The van der Waals surface area contributed by atoms with Crippen LogP contribution in [0, 0.1) is 0 Å². The Hall–Kier alpha value is -1.04. The van der Waals surface area contributed by atoms with E-state index in [1.807, 2.05) is 23.6 Å². The molecule has 0 saturated heterocycles. The second-order valence-corrected chi connectivity index (χ2v) is 5.43. The lowest BCUT2D eigenvalue weighted by Crippen LogP contribution is -2.10. The minimum absolute atomic E-state index is 0.0941. The zero-order valence-corrected chi connectivity index (χ0v) is 11.6. The summed E-state index contributed by atoms with van der Waals surface area (Å²) in [5, 5.41) is 12.0. The Balaban J connectivity index is 2.48. The van der Waals surface area contributed by atoms with E-state index in [1.54, 1.807) is 17.4 Å². The van der Waals surface area contributed by atoms with Crippen LogP contribution in [0.25, 0.3) is 0 Å². The minimum Gasteiger partial charge on any atom is -0.504 e. The van der Waals surface area contributed by atoms with Crippen molar-refractivity contribution in [3.05, 3.63) is 44.6 Å². The predicted molar refractivity (Wildman–Crippen MR) is 72.7 cm³/mol.